The number of hydrogen-bond donors (Lipinski definition) is 4. The van der Waals surface area contributed by atoms with Crippen LogP contribution in [0.2, 0.25) is 5.28 Å². The van der Waals surface area contributed by atoms with Crippen LogP contribution in [-0.2, 0) is 16.7 Å². The Labute approximate surface area is 228 Å². The van der Waals surface area contributed by atoms with Crippen molar-refractivity contribution in [3.8, 4) is 5.88 Å². The zero-order valence-electron chi connectivity index (χ0n) is 20.9. The first-order chi connectivity index (χ1) is 18.5. The van der Waals surface area contributed by atoms with Crippen LogP contribution in [0.5, 0.6) is 5.88 Å². The van der Waals surface area contributed by atoms with E-state index in [1.165, 1.54) is 12.1 Å². The van der Waals surface area contributed by atoms with Gasteiger partial charge in [0.05, 0.1) is 0 Å². The number of anilines is 4. The van der Waals surface area contributed by atoms with Crippen LogP contribution in [-0.4, -0.2) is 37.6 Å². The van der Waals surface area contributed by atoms with Crippen molar-refractivity contribution in [2.75, 3.05) is 10.6 Å². The smallest absolute Gasteiger partial charge is 0.296 e. The fourth-order valence-corrected chi connectivity index (χ4v) is 4.35. The molecule has 0 amide bonds. The van der Waals surface area contributed by atoms with Crippen LogP contribution in [0.3, 0.4) is 0 Å². The molecule has 4 N–H and O–H groups in total. The second-order valence-electron chi connectivity index (χ2n) is 8.20. The molecule has 0 saturated carbocycles. The number of para-hydroxylation sites is 1. The summed E-state index contributed by atoms with van der Waals surface area (Å²) in [5.74, 6) is -0.226. The molecule has 39 heavy (non-hydrogen) atoms. The van der Waals surface area contributed by atoms with Crippen LogP contribution in [0.15, 0.2) is 68.4 Å². The third kappa shape index (κ3) is 6.19. The number of benzene rings is 2. The van der Waals surface area contributed by atoms with E-state index in [2.05, 4.69) is 35.8 Å². The van der Waals surface area contributed by atoms with E-state index in [0.29, 0.717) is 16.8 Å². The molecule has 0 aliphatic heterocycles. The molecule has 202 valence electrons. The topological polar surface area (TPSA) is 184 Å². The van der Waals surface area contributed by atoms with E-state index < -0.39 is 20.9 Å². The highest BCUT2D eigenvalue weighted by atomic mass is 35.5. The van der Waals surface area contributed by atoms with Gasteiger partial charge in [-0.2, -0.15) is 23.4 Å². The average Bonchev–Trinajstić information content (AvgIpc) is 2.87. The lowest BCUT2D eigenvalue weighted by atomic mass is 10.1. The number of aromatic nitrogens is 4. The summed E-state index contributed by atoms with van der Waals surface area (Å²) in [5.41, 5.74) is 1.06. The van der Waals surface area contributed by atoms with Crippen molar-refractivity contribution in [3.05, 3.63) is 75.3 Å². The quantitative estimate of drug-likeness (QED) is 0.162. The zero-order valence-corrected chi connectivity index (χ0v) is 22.5. The fourth-order valence-electron chi connectivity index (χ4n) is 3.58. The first kappa shape index (κ1) is 27.6. The van der Waals surface area contributed by atoms with Crippen LogP contribution in [0.4, 0.5) is 34.6 Å². The monoisotopic (exact) mass is 570 g/mol. The highest BCUT2D eigenvalue weighted by Gasteiger charge is 2.19. The molecule has 2 aromatic heterocycles. The van der Waals surface area contributed by atoms with Gasteiger partial charge in [-0.05, 0) is 68.3 Å². The number of azo groups is 1. The van der Waals surface area contributed by atoms with Gasteiger partial charge in [0.2, 0.25) is 23.1 Å². The van der Waals surface area contributed by atoms with E-state index in [0.717, 1.165) is 10.6 Å². The number of nitrogens with zero attached hydrogens (tertiary/aromatic N) is 6. The Morgan fingerprint density at radius 2 is 1.59 bits per heavy atom. The molecule has 0 aliphatic carbocycles. The molecule has 2 heterocycles. The van der Waals surface area contributed by atoms with Crippen LogP contribution in [0.1, 0.15) is 18.1 Å². The van der Waals surface area contributed by atoms with Crippen LogP contribution in [0, 0.1) is 13.8 Å². The van der Waals surface area contributed by atoms with Gasteiger partial charge in [0.15, 0.2) is 0 Å². The Hall–Kier alpha value is -4.40. The van der Waals surface area contributed by atoms with Crippen LogP contribution >= 0.6 is 11.6 Å². The van der Waals surface area contributed by atoms with Gasteiger partial charge in [-0.25, -0.2) is 0 Å². The number of rotatable bonds is 8. The fraction of sp³-hybridized carbons (Fsp3) is 0.167. The van der Waals surface area contributed by atoms with E-state index in [1.54, 1.807) is 20.8 Å². The summed E-state index contributed by atoms with van der Waals surface area (Å²) >= 11 is 6.06. The Bertz CT molecular complexity index is 1740. The molecule has 4 rings (SSSR count). The predicted molar refractivity (Wildman–Crippen MR) is 146 cm³/mol. The zero-order chi connectivity index (χ0) is 28.3. The average molecular weight is 571 g/mol. The minimum absolute atomic E-state index is 0.0190. The Kier molecular flexibility index (Phi) is 7.90. The second-order valence-corrected chi connectivity index (χ2v) is 9.92. The lowest BCUT2D eigenvalue weighted by Crippen LogP contribution is -2.22. The number of hydrogen-bond acceptors (Lipinski definition) is 11. The van der Waals surface area contributed by atoms with Crippen molar-refractivity contribution in [3.63, 3.8) is 0 Å². The van der Waals surface area contributed by atoms with Gasteiger partial charge >= 0.3 is 0 Å². The summed E-state index contributed by atoms with van der Waals surface area (Å²) in [6.45, 7) is 5.02. The molecular formula is C24H23ClN8O5S. The van der Waals surface area contributed by atoms with Gasteiger partial charge in [0.25, 0.3) is 15.7 Å². The summed E-state index contributed by atoms with van der Waals surface area (Å²) < 4.78 is 34.9. The molecular weight excluding hydrogens is 548 g/mol. The molecule has 2 aromatic carbocycles. The number of aromatic hydroxyl groups is 1. The lowest BCUT2D eigenvalue weighted by molar-refractivity contribution is 0.411. The van der Waals surface area contributed by atoms with Gasteiger partial charge in [0.1, 0.15) is 16.3 Å². The third-order valence-corrected chi connectivity index (χ3v) is 6.73. The van der Waals surface area contributed by atoms with E-state index >= 15 is 0 Å². The molecule has 0 fully saturated rings. The summed E-state index contributed by atoms with van der Waals surface area (Å²) in [4.78, 5) is 24.2. The molecule has 0 saturated heterocycles. The summed E-state index contributed by atoms with van der Waals surface area (Å²) in [6.07, 6.45) is 0. The molecule has 0 bridgehead atoms. The highest BCUT2D eigenvalue weighted by Crippen LogP contribution is 2.35. The predicted octanol–water partition coefficient (Wildman–Crippen LogP) is 5.18. The van der Waals surface area contributed by atoms with Crippen molar-refractivity contribution >= 4 is 56.4 Å². The maximum Gasteiger partial charge on any atom is 0.296 e. The molecule has 13 nitrogen and oxygen atoms in total. The first-order valence-corrected chi connectivity index (χ1v) is 13.3. The normalized spacial score (nSPS) is 11.6. The Morgan fingerprint density at radius 1 is 0.949 bits per heavy atom. The largest absolute Gasteiger partial charge is 0.493 e. The molecule has 0 spiro atoms. The molecule has 4 aromatic rings. The number of nitrogens with one attached hydrogen (secondary N) is 2. The van der Waals surface area contributed by atoms with E-state index in [4.69, 9.17) is 11.6 Å². The molecule has 0 aliphatic rings. The molecule has 0 unspecified atom stereocenters. The lowest BCUT2D eigenvalue weighted by Gasteiger charge is -2.12. The number of halogens is 1. The maximum absolute atomic E-state index is 12.4. The number of pyridine rings is 1. The molecule has 0 radical (unpaired) electrons. The van der Waals surface area contributed by atoms with Gasteiger partial charge in [0, 0.05) is 23.5 Å². The summed E-state index contributed by atoms with van der Waals surface area (Å²) in [6, 6.07) is 12.9. The van der Waals surface area contributed by atoms with E-state index in [1.807, 2.05) is 30.3 Å². The second kappa shape index (κ2) is 11.1. The van der Waals surface area contributed by atoms with Crippen molar-refractivity contribution in [1.82, 2.24) is 19.5 Å². The minimum atomic E-state index is -4.70. The van der Waals surface area contributed by atoms with Gasteiger partial charge in [-0.1, -0.05) is 18.2 Å². The van der Waals surface area contributed by atoms with Crippen LogP contribution in [0.25, 0.3) is 0 Å². The SMILES string of the molecule is CCn1c(O)c(/N=N/c2cc(Nc3nc(Cl)nc(Nc4ccccc4)n3)ccc2S(=O)(=O)O)c(C)c(C)c1=O. The van der Waals surface area contributed by atoms with Crippen molar-refractivity contribution in [2.24, 2.45) is 10.2 Å². The standard InChI is InChI=1S/C24H23ClN8O5S/c1-4-33-20(34)14(3)13(2)19(21(33)35)32-31-17-12-16(10-11-18(17)39(36,37)38)27-24-29-22(25)28-23(30-24)26-15-8-6-5-7-9-15/h5-12,35H,4H2,1-3H3,(H,36,37,38)(H2,26,27,28,29,30)/b32-31+. The highest BCUT2D eigenvalue weighted by molar-refractivity contribution is 7.86. The van der Waals surface area contributed by atoms with E-state index in [9.17, 15) is 22.9 Å². The van der Waals surface area contributed by atoms with Gasteiger partial charge in [-0.15, -0.1) is 10.2 Å². The van der Waals surface area contributed by atoms with Crippen molar-refractivity contribution < 1.29 is 18.1 Å². The summed E-state index contributed by atoms with van der Waals surface area (Å²) in [7, 11) is -4.70. The molecule has 15 heteroatoms. The Morgan fingerprint density at radius 3 is 2.21 bits per heavy atom. The summed E-state index contributed by atoms with van der Waals surface area (Å²) in [5, 5.41) is 24.4. The van der Waals surface area contributed by atoms with Crippen molar-refractivity contribution in [2.45, 2.75) is 32.2 Å². The van der Waals surface area contributed by atoms with Gasteiger partial charge < -0.3 is 15.7 Å². The maximum atomic E-state index is 12.4. The van der Waals surface area contributed by atoms with Gasteiger partial charge in [-0.3, -0.25) is 13.9 Å². The van der Waals surface area contributed by atoms with E-state index in [-0.39, 0.29) is 46.3 Å². The first-order valence-electron chi connectivity index (χ1n) is 11.4. The van der Waals surface area contributed by atoms with Crippen LogP contribution < -0.4 is 16.2 Å². The molecule has 0 atom stereocenters. The van der Waals surface area contributed by atoms with Crippen molar-refractivity contribution in [1.29, 1.82) is 0 Å². The Balaban J connectivity index is 1.72. The minimum Gasteiger partial charge on any atom is -0.493 e. The third-order valence-electron chi connectivity index (χ3n) is 5.66.